The summed E-state index contributed by atoms with van der Waals surface area (Å²) in [5, 5.41) is 9.59. The Morgan fingerprint density at radius 2 is 0.780 bits per heavy atom. The van der Waals surface area contributed by atoms with Crippen molar-refractivity contribution in [1.82, 2.24) is 9.97 Å². The Morgan fingerprint density at radius 3 is 1.24 bits per heavy atom. The molecule has 0 bridgehead atoms. The summed E-state index contributed by atoms with van der Waals surface area (Å²) in [5.74, 6) is 0. The van der Waals surface area contributed by atoms with E-state index < -0.39 is 23.7 Å². The molecule has 0 aliphatic carbocycles. The van der Waals surface area contributed by atoms with Gasteiger partial charge < -0.3 is 0 Å². The molecule has 0 fully saturated rings. The summed E-state index contributed by atoms with van der Waals surface area (Å²) in [6, 6.07) is 37.0. The fourth-order valence-electron chi connectivity index (χ4n) is 7.43. The van der Waals surface area contributed by atoms with Crippen molar-refractivity contribution in [2.75, 3.05) is 0 Å². The highest BCUT2D eigenvalue weighted by molar-refractivity contribution is 6.30. The SMILES string of the molecule is FC(F)(F)c1ccc(-c2c3ccccc3c(-c3ccc4ccc5c(-c6ccc(C(F)(F)F)nc6)ccc6ccc3c4c65)c3ccccc23)cn1. The normalized spacial score (nSPS) is 12.6. The van der Waals surface area contributed by atoms with E-state index in [2.05, 4.69) is 34.2 Å². The van der Waals surface area contributed by atoms with E-state index >= 15 is 0 Å². The Balaban J connectivity index is 1.32. The molecular weight excluding hydrogens is 646 g/mol. The molecule has 50 heavy (non-hydrogen) atoms. The molecule has 2 heterocycles. The number of fused-ring (bicyclic) bond motifs is 2. The molecule has 9 rings (SSSR count). The molecule has 0 saturated heterocycles. The molecule has 2 nitrogen and oxygen atoms in total. The van der Waals surface area contributed by atoms with E-state index in [-0.39, 0.29) is 0 Å². The van der Waals surface area contributed by atoms with E-state index in [9.17, 15) is 26.3 Å². The van der Waals surface area contributed by atoms with E-state index in [0.29, 0.717) is 11.1 Å². The second-order valence-electron chi connectivity index (χ2n) is 12.3. The fraction of sp³-hybridized carbons (Fsp3) is 0.0476. The van der Waals surface area contributed by atoms with Crippen LogP contribution in [0.1, 0.15) is 11.4 Å². The van der Waals surface area contributed by atoms with Gasteiger partial charge in [-0.05, 0) is 88.2 Å². The standard InChI is InChI=1S/C42H22F6N2/c43-41(44,45)35-19-13-25(21-49-35)27-15-9-23-11-17-33-34(18-12-24-10-16-32(27)38(23)39(24)33)40-30-7-3-1-5-28(30)37(29-6-2-4-8-31(29)40)26-14-20-36(50-22-26)42(46,47)48/h1-22H. The summed E-state index contributed by atoms with van der Waals surface area (Å²) >= 11 is 0. The second-order valence-corrected chi connectivity index (χ2v) is 12.3. The highest BCUT2D eigenvalue weighted by Crippen LogP contribution is 2.48. The van der Waals surface area contributed by atoms with Crippen molar-refractivity contribution in [2.24, 2.45) is 0 Å². The lowest BCUT2D eigenvalue weighted by Gasteiger charge is -2.20. The van der Waals surface area contributed by atoms with Crippen molar-refractivity contribution in [3.63, 3.8) is 0 Å². The first-order valence-corrected chi connectivity index (χ1v) is 15.8. The van der Waals surface area contributed by atoms with Crippen LogP contribution in [0.15, 0.2) is 134 Å². The van der Waals surface area contributed by atoms with Gasteiger partial charge in [0.15, 0.2) is 0 Å². The number of rotatable bonds is 3. The molecule has 0 N–H and O–H groups in total. The third-order valence-corrected chi connectivity index (χ3v) is 9.57. The fourth-order valence-corrected chi connectivity index (χ4v) is 7.43. The quantitative estimate of drug-likeness (QED) is 0.106. The van der Waals surface area contributed by atoms with Gasteiger partial charge in [0.25, 0.3) is 0 Å². The summed E-state index contributed by atoms with van der Waals surface area (Å²) < 4.78 is 80.1. The molecule has 0 aliphatic heterocycles. The van der Waals surface area contributed by atoms with Crippen molar-refractivity contribution >= 4 is 53.9 Å². The van der Waals surface area contributed by atoms with Gasteiger partial charge in [0.2, 0.25) is 0 Å². The van der Waals surface area contributed by atoms with Crippen LogP contribution in [0.2, 0.25) is 0 Å². The maximum Gasteiger partial charge on any atom is 0.433 e. The Kier molecular flexibility index (Phi) is 6.46. The Labute approximate surface area is 280 Å². The van der Waals surface area contributed by atoms with Gasteiger partial charge in [0.05, 0.1) is 0 Å². The monoisotopic (exact) mass is 668 g/mol. The topological polar surface area (TPSA) is 25.8 Å². The summed E-state index contributed by atoms with van der Waals surface area (Å²) in [7, 11) is 0. The van der Waals surface area contributed by atoms with Gasteiger partial charge in [-0.25, -0.2) is 0 Å². The van der Waals surface area contributed by atoms with E-state index in [1.54, 1.807) is 0 Å². The predicted octanol–water partition coefficient (Wildman–Crippen LogP) is 12.7. The number of aromatic nitrogens is 2. The number of halogens is 6. The number of hydrogen-bond acceptors (Lipinski definition) is 2. The molecule has 0 radical (unpaired) electrons. The average Bonchev–Trinajstić information content (AvgIpc) is 3.12. The second kappa shape index (κ2) is 10.7. The molecule has 0 spiro atoms. The summed E-state index contributed by atoms with van der Waals surface area (Å²) in [5.41, 5.74) is 2.83. The van der Waals surface area contributed by atoms with Crippen molar-refractivity contribution in [2.45, 2.75) is 12.4 Å². The van der Waals surface area contributed by atoms with E-state index in [1.807, 2.05) is 72.8 Å². The molecule has 0 unspecified atom stereocenters. The smallest absolute Gasteiger partial charge is 0.251 e. The van der Waals surface area contributed by atoms with Crippen LogP contribution in [0.5, 0.6) is 0 Å². The molecule has 2 aromatic heterocycles. The van der Waals surface area contributed by atoms with Crippen molar-refractivity contribution in [3.8, 4) is 33.4 Å². The zero-order valence-electron chi connectivity index (χ0n) is 25.9. The number of benzene rings is 7. The molecule has 9 aromatic rings. The van der Waals surface area contributed by atoms with E-state index in [1.165, 1.54) is 24.5 Å². The van der Waals surface area contributed by atoms with Crippen LogP contribution in [-0.2, 0) is 12.4 Å². The Hall–Kier alpha value is -6.02. The van der Waals surface area contributed by atoms with E-state index in [0.717, 1.165) is 88.2 Å². The lowest BCUT2D eigenvalue weighted by Crippen LogP contribution is -2.07. The van der Waals surface area contributed by atoms with Crippen molar-refractivity contribution in [3.05, 3.63) is 145 Å². The van der Waals surface area contributed by atoms with Crippen LogP contribution >= 0.6 is 0 Å². The van der Waals surface area contributed by atoms with Gasteiger partial charge in [-0.1, -0.05) is 109 Å². The first-order valence-electron chi connectivity index (χ1n) is 15.8. The van der Waals surface area contributed by atoms with Gasteiger partial charge in [0.1, 0.15) is 11.4 Å². The van der Waals surface area contributed by atoms with Gasteiger partial charge in [-0.3, -0.25) is 9.97 Å². The molecule has 8 heteroatoms. The number of pyridine rings is 2. The highest BCUT2D eigenvalue weighted by atomic mass is 19.4. The van der Waals surface area contributed by atoms with Crippen LogP contribution in [0.25, 0.3) is 87.2 Å². The van der Waals surface area contributed by atoms with Crippen molar-refractivity contribution < 1.29 is 26.3 Å². The van der Waals surface area contributed by atoms with Crippen LogP contribution in [-0.4, -0.2) is 9.97 Å². The van der Waals surface area contributed by atoms with E-state index in [4.69, 9.17) is 0 Å². The lowest BCUT2D eigenvalue weighted by atomic mass is 9.83. The van der Waals surface area contributed by atoms with Crippen molar-refractivity contribution in [1.29, 1.82) is 0 Å². The Bertz CT molecular complexity index is 2710. The predicted molar refractivity (Wildman–Crippen MR) is 187 cm³/mol. The maximum absolute atomic E-state index is 13.4. The number of alkyl halides is 6. The van der Waals surface area contributed by atoms with Crippen LogP contribution in [0, 0.1) is 0 Å². The molecule has 0 aliphatic rings. The first kappa shape index (κ1) is 30.1. The van der Waals surface area contributed by atoms with Gasteiger partial charge in [-0.2, -0.15) is 26.3 Å². The molecule has 0 atom stereocenters. The molecule has 242 valence electrons. The summed E-state index contributed by atoms with van der Waals surface area (Å²) in [6.07, 6.45) is -6.52. The summed E-state index contributed by atoms with van der Waals surface area (Å²) in [4.78, 5) is 7.49. The molecular formula is C42H22F6N2. The van der Waals surface area contributed by atoms with Crippen LogP contribution in [0.3, 0.4) is 0 Å². The maximum atomic E-state index is 13.4. The minimum atomic E-state index is -4.54. The Morgan fingerprint density at radius 1 is 0.360 bits per heavy atom. The van der Waals surface area contributed by atoms with Crippen LogP contribution < -0.4 is 0 Å². The first-order chi connectivity index (χ1) is 24.1. The zero-order valence-corrected chi connectivity index (χ0v) is 25.9. The number of nitrogens with zero attached hydrogens (tertiary/aromatic N) is 2. The van der Waals surface area contributed by atoms with Gasteiger partial charge in [-0.15, -0.1) is 0 Å². The lowest BCUT2D eigenvalue weighted by molar-refractivity contribution is -0.141. The van der Waals surface area contributed by atoms with Gasteiger partial charge in [0, 0.05) is 23.5 Å². The molecule has 0 saturated carbocycles. The third kappa shape index (κ3) is 4.59. The average molecular weight is 669 g/mol. The molecule has 0 amide bonds. The van der Waals surface area contributed by atoms with Gasteiger partial charge >= 0.3 is 12.4 Å². The largest absolute Gasteiger partial charge is 0.433 e. The summed E-state index contributed by atoms with van der Waals surface area (Å²) in [6.45, 7) is 0. The minimum Gasteiger partial charge on any atom is -0.251 e. The van der Waals surface area contributed by atoms with Crippen LogP contribution in [0.4, 0.5) is 26.3 Å². The number of hydrogen-bond donors (Lipinski definition) is 0. The third-order valence-electron chi connectivity index (χ3n) is 9.57. The zero-order chi connectivity index (χ0) is 34.4. The highest BCUT2D eigenvalue weighted by Gasteiger charge is 2.33. The molecule has 7 aromatic carbocycles. The minimum absolute atomic E-state index is 0.581.